The second-order valence-corrected chi connectivity index (χ2v) is 6.42. The summed E-state index contributed by atoms with van der Waals surface area (Å²) in [7, 11) is 1.91. The third kappa shape index (κ3) is 3.62. The van der Waals surface area contributed by atoms with E-state index in [9.17, 15) is 14.0 Å². The molecule has 2 aromatic rings. The summed E-state index contributed by atoms with van der Waals surface area (Å²) >= 11 is 0. The normalized spacial score (nSPS) is 13.6. The predicted molar refractivity (Wildman–Crippen MR) is 91.1 cm³/mol. The second-order valence-electron chi connectivity index (χ2n) is 6.42. The number of benzene rings is 1. The number of halogens is 1. The molecule has 0 amide bonds. The summed E-state index contributed by atoms with van der Waals surface area (Å²) < 4.78 is 13.3. The fourth-order valence-electron chi connectivity index (χ4n) is 3.09. The van der Waals surface area contributed by atoms with Crippen LogP contribution in [-0.2, 0) is 6.54 Å². The van der Waals surface area contributed by atoms with Crippen molar-refractivity contribution in [3.05, 3.63) is 58.2 Å². The SMILES string of the molecule is CC(=O)c1c(C)[nH]c(C(=O)[C@H](C)[NH+](C)Cc2cccc(F)c2)c1C. The van der Waals surface area contributed by atoms with Gasteiger partial charge in [0.15, 0.2) is 11.8 Å². The first-order valence-electron chi connectivity index (χ1n) is 8.03. The van der Waals surface area contributed by atoms with Crippen molar-refractivity contribution >= 4 is 11.6 Å². The first-order valence-corrected chi connectivity index (χ1v) is 8.03. The Balaban J connectivity index is 2.20. The lowest BCUT2D eigenvalue weighted by Gasteiger charge is -2.20. The third-order valence-electron chi connectivity index (χ3n) is 4.54. The highest BCUT2D eigenvalue weighted by molar-refractivity contribution is 6.04. The number of aromatic amines is 1. The molecule has 2 rings (SSSR count). The molecule has 24 heavy (non-hydrogen) atoms. The van der Waals surface area contributed by atoms with Gasteiger partial charge in [0.2, 0.25) is 5.78 Å². The van der Waals surface area contributed by atoms with E-state index in [0.29, 0.717) is 23.4 Å². The van der Waals surface area contributed by atoms with E-state index in [4.69, 9.17) is 0 Å². The molecule has 0 radical (unpaired) electrons. The molecule has 0 fully saturated rings. The molecular weight excluding hydrogens is 307 g/mol. The Morgan fingerprint density at radius 2 is 1.96 bits per heavy atom. The molecule has 1 unspecified atom stereocenters. The van der Waals surface area contributed by atoms with E-state index < -0.39 is 0 Å². The number of hydrogen-bond acceptors (Lipinski definition) is 2. The molecule has 1 heterocycles. The number of carbonyl (C=O) groups is 2. The zero-order chi connectivity index (χ0) is 18.0. The molecule has 1 aromatic carbocycles. The summed E-state index contributed by atoms with van der Waals surface area (Å²) in [6.45, 7) is 7.49. The van der Waals surface area contributed by atoms with Gasteiger partial charge in [0.05, 0.1) is 12.7 Å². The van der Waals surface area contributed by atoms with E-state index in [-0.39, 0.29) is 23.4 Å². The Kier molecular flexibility index (Phi) is 5.34. The lowest BCUT2D eigenvalue weighted by molar-refractivity contribution is -0.907. The summed E-state index contributed by atoms with van der Waals surface area (Å²) in [6.07, 6.45) is 0. The Hall–Kier alpha value is -2.27. The average molecular weight is 331 g/mol. The summed E-state index contributed by atoms with van der Waals surface area (Å²) in [5, 5.41) is 0. The maximum absolute atomic E-state index is 13.3. The van der Waals surface area contributed by atoms with Crippen LogP contribution in [0.5, 0.6) is 0 Å². The molecule has 0 spiro atoms. The number of Topliss-reactive ketones (excluding diaryl/α,β-unsaturated/α-hetero) is 2. The molecule has 4 nitrogen and oxygen atoms in total. The summed E-state index contributed by atoms with van der Waals surface area (Å²) in [6, 6.07) is 6.09. The van der Waals surface area contributed by atoms with Crippen LogP contribution in [0.1, 0.15) is 51.5 Å². The van der Waals surface area contributed by atoms with Gasteiger partial charge in [-0.15, -0.1) is 0 Å². The fourth-order valence-corrected chi connectivity index (χ4v) is 3.09. The number of aromatic nitrogens is 1. The van der Waals surface area contributed by atoms with Gasteiger partial charge in [-0.3, -0.25) is 9.59 Å². The number of ketones is 2. The van der Waals surface area contributed by atoms with Crippen LogP contribution in [0, 0.1) is 19.7 Å². The van der Waals surface area contributed by atoms with Gasteiger partial charge in [0, 0.05) is 16.8 Å². The molecule has 0 saturated carbocycles. The standard InChI is InChI=1S/C19H23FN2O2/c1-11-17(14(4)23)12(2)21-18(11)19(24)13(3)22(5)10-15-7-6-8-16(20)9-15/h6-9,13,21H,10H2,1-5H3/p+1/t13-/m0/s1. The van der Waals surface area contributed by atoms with Gasteiger partial charge in [-0.1, -0.05) is 12.1 Å². The minimum absolute atomic E-state index is 0.0444. The van der Waals surface area contributed by atoms with Crippen molar-refractivity contribution in [3.8, 4) is 0 Å². The zero-order valence-electron chi connectivity index (χ0n) is 14.8. The van der Waals surface area contributed by atoms with Crippen LogP contribution in [0.2, 0.25) is 0 Å². The van der Waals surface area contributed by atoms with Gasteiger partial charge >= 0.3 is 0 Å². The molecule has 128 valence electrons. The maximum atomic E-state index is 13.3. The summed E-state index contributed by atoms with van der Waals surface area (Å²) in [5.74, 6) is -0.369. The van der Waals surface area contributed by atoms with Crippen LogP contribution < -0.4 is 4.90 Å². The van der Waals surface area contributed by atoms with Crippen molar-refractivity contribution in [1.82, 2.24) is 4.98 Å². The van der Waals surface area contributed by atoms with Crippen molar-refractivity contribution < 1.29 is 18.9 Å². The number of hydrogen-bond donors (Lipinski definition) is 2. The number of likely N-dealkylation sites (N-methyl/N-ethyl adjacent to an activating group) is 1. The quantitative estimate of drug-likeness (QED) is 0.798. The number of rotatable bonds is 6. The third-order valence-corrected chi connectivity index (χ3v) is 4.54. The number of quaternary nitrogens is 1. The van der Waals surface area contributed by atoms with Gasteiger partial charge in [0.25, 0.3) is 0 Å². The number of aryl methyl sites for hydroxylation is 1. The summed E-state index contributed by atoms with van der Waals surface area (Å²) in [5.41, 5.74) is 3.35. The predicted octanol–water partition coefficient (Wildman–Crippen LogP) is 2.26. The highest BCUT2D eigenvalue weighted by atomic mass is 19.1. The van der Waals surface area contributed by atoms with E-state index in [1.807, 2.05) is 20.0 Å². The first kappa shape index (κ1) is 18.1. The molecule has 5 heteroatoms. The smallest absolute Gasteiger partial charge is 0.235 e. The second kappa shape index (κ2) is 7.09. The van der Waals surface area contributed by atoms with E-state index in [1.165, 1.54) is 19.1 Å². The van der Waals surface area contributed by atoms with Gasteiger partial charge in [-0.25, -0.2) is 4.39 Å². The van der Waals surface area contributed by atoms with E-state index in [2.05, 4.69) is 4.98 Å². The first-order chi connectivity index (χ1) is 11.2. The van der Waals surface area contributed by atoms with Gasteiger partial charge in [0.1, 0.15) is 12.4 Å². The van der Waals surface area contributed by atoms with Crippen LogP contribution in [0.3, 0.4) is 0 Å². The zero-order valence-corrected chi connectivity index (χ0v) is 14.8. The molecule has 0 aliphatic rings. The Bertz CT molecular complexity index is 780. The fraction of sp³-hybridized carbons (Fsp3) is 0.368. The van der Waals surface area contributed by atoms with Crippen LogP contribution in [0.25, 0.3) is 0 Å². The van der Waals surface area contributed by atoms with Crippen LogP contribution in [0.4, 0.5) is 4.39 Å². The Morgan fingerprint density at radius 1 is 1.29 bits per heavy atom. The van der Waals surface area contributed by atoms with Crippen LogP contribution in [0.15, 0.2) is 24.3 Å². The van der Waals surface area contributed by atoms with Gasteiger partial charge in [-0.05, 0) is 45.4 Å². The number of H-pyrrole nitrogens is 1. The van der Waals surface area contributed by atoms with E-state index in [1.54, 1.807) is 19.9 Å². The maximum Gasteiger partial charge on any atom is 0.235 e. The average Bonchev–Trinajstić information content (AvgIpc) is 2.80. The minimum atomic E-state index is -0.315. The molecule has 0 aliphatic heterocycles. The van der Waals surface area contributed by atoms with Crippen molar-refractivity contribution in [2.75, 3.05) is 7.05 Å². The lowest BCUT2D eigenvalue weighted by Crippen LogP contribution is -3.12. The lowest BCUT2D eigenvalue weighted by atomic mass is 10.0. The van der Waals surface area contributed by atoms with E-state index in [0.717, 1.165) is 16.2 Å². The topological polar surface area (TPSA) is 54.4 Å². The Morgan fingerprint density at radius 3 is 2.50 bits per heavy atom. The monoisotopic (exact) mass is 331 g/mol. The van der Waals surface area contributed by atoms with Gasteiger partial charge < -0.3 is 9.88 Å². The van der Waals surface area contributed by atoms with Crippen molar-refractivity contribution in [2.45, 2.75) is 40.3 Å². The van der Waals surface area contributed by atoms with Crippen LogP contribution >= 0.6 is 0 Å². The van der Waals surface area contributed by atoms with Crippen molar-refractivity contribution in [2.24, 2.45) is 0 Å². The van der Waals surface area contributed by atoms with Crippen LogP contribution in [-0.4, -0.2) is 29.6 Å². The van der Waals surface area contributed by atoms with Crippen molar-refractivity contribution in [3.63, 3.8) is 0 Å². The molecule has 2 N–H and O–H groups in total. The number of carbonyl (C=O) groups excluding carboxylic acids is 2. The largest absolute Gasteiger partial charge is 0.355 e. The molecule has 0 bridgehead atoms. The van der Waals surface area contributed by atoms with Crippen molar-refractivity contribution in [1.29, 1.82) is 0 Å². The summed E-state index contributed by atoms with van der Waals surface area (Å²) in [4.78, 5) is 28.6. The molecule has 0 saturated heterocycles. The minimum Gasteiger partial charge on any atom is -0.355 e. The molecular formula is C19H24FN2O2+. The Labute approximate surface area is 141 Å². The van der Waals surface area contributed by atoms with Gasteiger partial charge in [-0.2, -0.15) is 0 Å². The molecule has 2 atom stereocenters. The highest BCUT2D eigenvalue weighted by Gasteiger charge is 2.28. The highest BCUT2D eigenvalue weighted by Crippen LogP contribution is 2.19. The number of nitrogens with one attached hydrogen (secondary N) is 2. The molecule has 0 aliphatic carbocycles. The van der Waals surface area contributed by atoms with E-state index >= 15 is 0 Å². The molecule has 1 aromatic heterocycles.